The van der Waals surface area contributed by atoms with Gasteiger partial charge >= 0.3 is 6.61 Å². The molecule has 160 valence electrons. The van der Waals surface area contributed by atoms with Crippen LogP contribution in [-0.4, -0.2) is 49.0 Å². The van der Waals surface area contributed by atoms with Gasteiger partial charge in [0.2, 0.25) is 0 Å². The highest BCUT2D eigenvalue weighted by Gasteiger charge is 2.46. The fourth-order valence-electron chi connectivity index (χ4n) is 4.86. The summed E-state index contributed by atoms with van der Waals surface area (Å²) in [5.41, 5.74) is 4.69. The molecule has 4 aromatic rings. The van der Waals surface area contributed by atoms with Gasteiger partial charge in [-0.25, -0.2) is 19.5 Å². The minimum Gasteiger partial charge on any atom is -0.434 e. The zero-order valence-electron chi connectivity index (χ0n) is 16.8. The van der Waals surface area contributed by atoms with Crippen LogP contribution in [-0.2, 0) is 0 Å². The normalized spacial score (nSPS) is 19.2. The highest BCUT2D eigenvalue weighted by atomic mass is 19.3. The number of rotatable bonds is 3. The number of aromatic nitrogens is 5. The van der Waals surface area contributed by atoms with Crippen LogP contribution in [0.2, 0.25) is 0 Å². The third-order valence-electron chi connectivity index (χ3n) is 6.22. The molecule has 0 radical (unpaired) electrons. The van der Waals surface area contributed by atoms with Crippen molar-refractivity contribution in [1.29, 1.82) is 0 Å². The van der Waals surface area contributed by atoms with Crippen molar-refractivity contribution in [3.8, 4) is 17.0 Å². The monoisotopic (exact) mass is 434 g/mol. The Morgan fingerprint density at radius 2 is 2.00 bits per heavy atom. The number of amides is 1. The molecule has 3 aromatic heterocycles. The minimum absolute atomic E-state index is 0.0165. The molecule has 0 N–H and O–H groups in total. The van der Waals surface area contributed by atoms with Crippen LogP contribution in [0.3, 0.4) is 0 Å². The fourth-order valence-corrected chi connectivity index (χ4v) is 4.86. The maximum atomic E-state index is 13.2. The Kier molecular flexibility index (Phi) is 3.98. The number of hydrogen-bond donors (Lipinski definition) is 0. The zero-order valence-corrected chi connectivity index (χ0v) is 16.8. The smallest absolute Gasteiger partial charge is 0.387 e. The van der Waals surface area contributed by atoms with E-state index in [2.05, 4.69) is 15.0 Å². The lowest BCUT2D eigenvalue weighted by Gasteiger charge is -2.23. The van der Waals surface area contributed by atoms with Gasteiger partial charge < -0.3 is 9.64 Å². The van der Waals surface area contributed by atoms with Crippen LogP contribution in [0, 0.1) is 0 Å². The van der Waals surface area contributed by atoms with E-state index in [0.717, 1.165) is 22.3 Å². The molecule has 8 nitrogen and oxygen atoms in total. The van der Waals surface area contributed by atoms with E-state index < -0.39 is 6.61 Å². The van der Waals surface area contributed by atoms with Crippen LogP contribution in [0.25, 0.3) is 16.8 Å². The molecule has 2 aliphatic rings. The molecule has 0 saturated heterocycles. The molecule has 10 heteroatoms. The average molecular weight is 434 g/mol. The Hall–Kier alpha value is -3.95. The molecule has 1 aromatic carbocycles. The molecule has 2 unspecified atom stereocenters. The molecule has 1 aliphatic carbocycles. The lowest BCUT2D eigenvalue weighted by molar-refractivity contribution is -0.0505. The standard InChI is InChI=1S/C22H16F2N6O2/c1-29-16-5-13(18-12(21(29)31)3-2-4-17(18)32-22(23)24)19-15-6-14(11-7-25-9-26-8-11)27-10-30(15)28-20(16)19/h2-4,6-10,13,16,22H,5H2,1H3. The maximum absolute atomic E-state index is 13.2. The lowest BCUT2D eigenvalue weighted by Crippen LogP contribution is -2.30. The summed E-state index contributed by atoms with van der Waals surface area (Å²) < 4.78 is 32.9. The van der Waals surface area contributed by atoms with Gasteiger partial charge in [-0.3, -0.25) is 4.79 Å². The summed E-state index contributed by atoms with van der Waals surface area (Å²) in [6.07, 6.45) is 6.93. The number of ether oxygens (including phenoxy) is 1. The Morgan fingerprint density at radius 3 is 2.78 bits per heavy atom. The third kappa shape index (κ3) is 2.62. The summed E-state index contributed by atoms with van der Waals surface area (Å²) in [6.45, 7) is -2.99. The summed E-state index contributed by atoms with van der Waals surface area (Å²) in [5, 5.41) is 4.70. The third-order valence-corrected chi connectivity index (χ3v) is 6.22. The number of hydrogen-bond acceptors (Lipinski definition) is 6. The molecule has 32 heavy (non-hydrogen) atoms. The van der Waals surface area contributed by atoms with E-state index >= 15 is 0 Å². The van der Waals surface area contributed by atoms with Crippen molar-refractivity contribution in [1.82, 2.24) is 29.5 Å². The number of nitrogens with zero attached hydrogens (tertiary/aromatic N) is 6. The van der Waals surface area contributed by atoms with Gasteiger partial charge in [0.25, 0.3) is 5.91 Å². The Morgan fingerprint density at radius 1 is 1.19 bits per heavy atom. The highest BCUT2D eigenvalue weighted by Crippen LogP contribution is 2.53. The van der Waals surface area contributed by atoms with E-state index in [-0.39, 0.29) is 23.6 Å². The largest absolute Gasteiger partial charge is 0.434 e. The van der Waals surface area contributed by atoms with Crippen LogP contribution in [0.15, 0.2) is 49.3 Å². The second-order valence-corrected chi connectivity index (χ2v) is 7.85. The number of halogens is 2. The van der Waals surface area contributed by atoms with Crippen molar-refractivity contribution < 1.29 is 18.3 Å². The van der Waals surface area contributed by atoms with Gasteiger partial charge in [0.05, 0.1) is 22.9 Å². The van der Waals surface area contributed by atoms with Crippen LogP contribution in [0.1, 0.15) is 45.6 Å². The van der Waals surface area contributed by atoms with Crippen molar-refractivity contribution in [3.63, 3.8) is 0 Å². The van der Waals surface area contributed by atoms with Crippen molar-refractivity contribution >= 4 is 11.4 Å². The maximum Gasteiger partial charge on any atom is 0.387 e. The van der Waals surface area contributed by atoms with Crippen molar-refractivity contribution in [2.24, 2.45) is 0 Å². The van der Waals surface area contributed by atoms with Crippen molar-refractivity contribution in [2.45, 2.75) is 25.0 Å². The molecule has 6 rings (SSSR count). The second-order valence-electron chi connectivity index (χ2n) is 7.85. The Labute approximate surface area is 180 Å². The molecule has 0 fully saturated rings. The molecule has 0 saturated carbocycles. The quantitative estimate of drug-likeness (QED) is 0.491. The van der Waals surface area contributed by atoms with Gasteiger partial charge in [-0.2, -0.15) is 13.9 Å². The van der Waals surface area contributed by atoms with E-state index in [1.54, 1.807) is 47.3 Å². The van der Waals surface area contributed by atoms with Gasteiger partial charge in [-0.1, -0.05) is 6.07 Å². The lowest BCUT2D eigenvalue weighted by atomic mass is 9.88. The van der Waals surface area contributed by atoms with E-state index in [1.807, 2.05) is 6.07 Å². The van der Waals surface area contributed by atoms with E-state index in [4.69, 9.17) is 9.84 Å². The molecule has 2 atom stereocenters. The van der Waals surface area contributed by atoms with E-state index in [1.165, 1.54) is 12.4 Å². The van der Waals surface area contributed by atoms with E-state index in [0.29, 0.717) is 23.2 Å². The molecule has 1 aliphatic heterocycles. The molecular formula is C22H16F2N6O2. The predicted octanol–water partition coefficient (Wildman–Crippen LogP) is 3.45. The minimum atomic E-state index is -2.99. The Balaban J connectivity index is 1.60. The van der Waals surface area contributed by atoms with Gasteiger partial charge in [-0.05, 0) is 24.6 Å². The second kappa shape index (κ2) is 6.78. The number of carbonyl (C=O) groups is 1. The Bertz CT molecular complexity index is 1370. The number of carbonyl (C=O) groups excluding carboxylic acids is 1. The van der Waals surface area contributed by atoms with Crippen LogP contribution in [0.5, 0.6) is 5.75 Å². The number of alkyl halides is 2. The van der Waals surface area contributed by atoms with Crippen molar-refractivity contribution in [2.75, 3.05) is 7.05 Å². The number of benzene rings is 1. The average Bonchev–Trinajstić information content (AvgIpc) is 3.32. The summed E-state index contributed by atoms with van der Waals surface area (Å²) in [7, 11) is 1.71. The summed E-state index contributed by atoms with van der Waals surface area (Å²) >= 11 is 0. The van der Waals surface area contributed by atoms with Gasteiger partial charge in [0, 0.05) is 47.6 Å². The topological polar surface area (TPSA) is 85.5 Å². The first-order chi connectivity index (χ1) is 15.5. The van der Waals surface area contributed by atoms with Crippen LogP contribution >= 0.6 is 0 Å². The fraction of sp³-hybridized carbons (Fsp3) is 0.227. The summed E-state index contributed by atoms with van der Waals surface area (Å²) in [6, 6.07) is 6.32. The first-order valence-electron chi connectivity index (χ1n) is 10.0. The zero-order chi connectivity index (χ0) is 22.0. The molecule has 4 heterocycles. The molecular weight excluding hydrogens is 418 g/mol. The van der Waals surface area contributed by atoms with E-state index in [9.17, 15) is 13.6 Å². The SMILES string of the molecule is CN1C(=O)c2cccc(OC(F)F)c2C2CC1c1nn3cnc(-c4cncnc4)cc3c12. The van der Waals surface area contributed by atoms with Crippen LogP contribution in [0.4, 0.5) is 8.78 Å². The molecule has 1 amide bonds. The first kappa shape index (κ1) is 18.8. The molecule has 0 spiro atoms. The van der Waals surface area contributed by atoms with Crippen LogP contribution < -0.4 is 4.74 Å². The highest BCUT2D eigenvalue weighted by molar-refractivity contribution is 5.98. The predicted molar refractivity (Wildman–Crippen MR) is 108 cm³/mol. The molecule has 2 bridgehead atoms. The first-order valence-corrected chi connectivity index (χ1v) is 10.0. The number of fused-ring (bicyclic) bond motifs is 9. The van der Waals surface area contributed by atoms with Gasteiger partial charge in [0.15, 0.2) is 0 Å². The van der Waals surface area contributed by atoms with Crippen molar-refractivity contribution in [3.05, 3.63) is 71.7 Å². The summed E-state index contributed by atoms with van der Waals surface area (Å²) in [5.74, 6) is -0.549. The van der Waals surface area contributed by atoms with Gasteiger partial charge in [0.1, 0.15) is 18.4 Å². The summed E-state index contributed by atoms with van der Waals surface area (Å²) in [4.78, 5) is 27.3. The van der Waals surface area contributed by atoms with Gasteiger partial charge in [-0.15, -0.1) is 0 Å².